The van der Waals surface area contributed by atoms with Gasteiger partial charge in [-0.25, -0.2) is 0 Å². The van der Waals surface area contributed by atoms with Gasteiger partial charge in [-0.2, -0.15) is 0 Å². The van der Waals surface area contributed by atoms with Crippen molar-refractivity contribution in [2.24, 2.45) is 5.73 Å². The summed E-state index contributed by atoms with van der Waals surface area (Å²) in [6.45, 7) is 1.34. The van der Waals surface area contributed by atoms with E-state index >= 15 is 0 Å². The Morgan fingerprint density at radius 2 is 1.61 bits per heavy atom. The van der Waals surface area contributed by atoms with Crippen molar-refractivity contribution in [1.82, 2.24) is 5.32 Å². The van der Waals surface area contributed by atoms with Gasteiger partial charge < -0.3 is 11.1 Å². The molecule has 0 aromatic heterocycles. The van der Waals surface area contributed by atoms with Crippen molar-refractivity contribution in [2.45, 2.75) is 6.92 Å². The zero-order valence-electron chi connectivity index (χ0n) is 12.8. The van der Waals surface area contributed by atoms with Crippen molar-refractivity contribution in [1.29, 1.82) is 5.41 Å². The molecular formula is C19H17N3O. The van der Waals surface area contributed by atoms with Gasteiger partial charge in [-0.3, -0.25) is 10.2 Å². The monoisotopic (exact) mass is 303 g/mol. The lowest BCUT2D eigenvalue weighted by atomic mass is 10.1. The first kappa shape index (κ1) is 16.1. The van der Waals surface area contributed by atoms with Crippen molar-refractivity contribution < 1.29 is 4.79 Å². The summed E-state index contributed by atoms with van der Waals surface area (Å²) in [7, 11) is 0. The quantitative estimate of drug-likeness (QED) is 0.453. The van der Waals surface area contributed by atoms with Crippen LogP contribution in [0.5, 0.6) is 0 Å². The van der Waals surface area contributed by atoms with E-state index in [0.29, 0.717) is 5.70 Å². The second kappa shape index (κ2) is 7.62. The molecule has 0 saturated heterocycles. The molecule has 4 nitrogen and oxygen atoms in total. The standard InChI is InChI=1S/C19H17N3O/c1-14(23)22-19(21)17(13-12-15-8-4-2-5-9-15)18(20)16-10-6-3-7-11-16/h2-11H,20H2,1H3,(H2,21,22,23). The lowest BCUT2D eigenvalue weighted by Gasteiger charge is -2.09. The Kier molecular flexibility index (Phi) is 5.32. The lowest BCUT2D eigenvalue weighted by molar-refractivity contribution is -0.117. The van der Waals surface area contributed by atoms with Crippen LogP contribution in [0.3, 0.4) is 0 Å². The predicted molar refractivity (Wildman–Crippen MR) is 92.4 cm³/mol. The number of carbonyl (C=O) groups is 1. The Balaban J connectivity index is 2.46. The molecule has 0 aliphatic heterocycles. The van der Waals surface area contributed by atoms with Gasteiger partial charge in [0.1, 0.15) is 5.84 Å². The largest absolute Gasteiger partial charge is 0.397 e. The van der Waals surface area contributed by atoms with E-state index in [0.717, 1.165) is 11.1 Å². The number of amidine groups is 1. The molecule has 0 aliphatic carbocycles. The molecule has 2 aromatic carbocycles. The van der Waals surface area contributed by atoms with Crippen LogP contribution >= 0.6 is 0 Å². The van der Waals surface area contributed by atoms with Crippen LogP contribution in [-0.2, 0) is 4.79 Å². The van der Waals surface area contributed by atoms with Gasteiger partial charge >= 0.3 is 0 Å². The van der Waals surface area contributed by atoms with Crippen molar-refractivity contribution in [3.05, 3.63) is 77.4 Å². The topological polar surface area (TPSA) is 79.0 Å². The summed E-state index contributed by atoms with van der Waals surface area (Å²) in [5.41, 5.74) is 8.36. The summed E-state index contributed by atoms with van der Waals surface area (Å²) in [4.78, 5) is 11.2. The molecule has 0 heterocycles. The van der Waals surface area contributed by atoms with Crippen LogP contribution in [0.1, 0.15) is 18.1 Å². The van der Waals surface area contributed by atoms with Gasteiger partial charge in [0.25, 0.3) is 0 Å². The maximum Gasteiger partial charge on any atom is 0.222 e. The van der Waals surface area contributed by atoms with Crippen LogP contribution in [0, 0.1) is 17.3 Å². The highest BCUT2D eigenvalue weighted by Gasteiger charge is 2.10. The summed E-state index contributed by atoms with van der Waals surface area (Å²) >= 11 is 0. The highest BCUT2D eigenvalue weighted by Crippen LogP contribution is 2.13. The number of benzene rings is 2. The fraction of sp³-hybridized carbons (Fsp3) is 0.0526. The highest BCUT2D eigenvalue weighted by atomic mass is 16.1. The van der Waals surface area contributed by atoms with Crippen molar-refractivity contribution in [3.63, 3.8) is 0 Å². The van der Waals surface area contributed by atoms with Gasteiger partial charge in [-0.05, 0) is 17.7 Å². The van der Waals surface area contributed by atoms with Crippen LogP contribution in [0.25, 0.3) is 5.70 Å². The van der Waals surface area contributed by atoms with Crippen molar-refractivity contribution >= 4 is 17.4 Å². The summed E-state index contributed by atoms with van der Waals surface area (Å²) in [5, 5.41) is 10.5. The number of amides is 1. The maximum absolute atomic E-state index is 11.2. The average molecular weight is 303 g/mol. The number of nitrogens with one attached hydrogen (secondary N) is 2. The van der Waals surface area contributed by atoms with E-state index < -0.39 is 0 Å². The Hall–Kier alpha value is -3.32. The van der Waals surface area contributed by atoms with Gasteiger partial charge in [-0.1, -0.05) is 60.4 Å². The maximum atomic E-state index is 11.2. The first-order chi connectivity index (χ1) is 11.1. The number of nitrogens with two attached hydrogens (primary N) is 1. The van der Waals surface area contributed by atoms with Crippen LogP contribution in [0.4, 0.5) is 0 Å². The summed E-state index contributed by atoms with van der Waals surface area (Å²) < 4.78 is 0. The molecule has 0 spiro atoms. The first-order valence-corrected chi connectivity index (χ1v) is 7.06. The fourth-order valence-electron chi connectivity index (χ4n) is 1.92. The minimum Gasteiger partial charge on any atom is -0.397 e. The van der Waals surface area contributed by atoms with Crippen LogP contribution in [0.2, 0.25) is 0 Å². The summed E-state index contributed by atoms with van der Waals surface area (Å²) in [6, 6.07) is 18.7. The minimum absolute atomic E-state index is 0.109. The molecule has 0 bridgehead atoms. The highest BCUT2D eigenvalue weighted by molar-refractivity contribution is 6.12. The Morgan fingerprint density at radius 1 is 1.04 bits per heavy atom. The van der Waals surface area contributed by atoms with E-state index in [1.807, 2.05) is 60.7 Å². The third-order valence-corrected chi connectivity index (χ3v) is 3.01. The molecule has 4 heteroatoms. The first-order valence-electron chi connectivity index (χ1n) is 7.06. The van der Waals surface area contributed by atoms with Gasteiger partial charge in [0.2, 0.25) is 5.91 Å². The molecule has 0 fully saturated rings. The third kappa shape index (κ3) is 4.58. The molecule has 4 N–H and O–H groups in total. The van der Waals surface area contributed by atoms with Gasteiger partial charge in [0, 0.05) is 12.5 Å². The number of hydrogen-bond donors (Lipinski definition) is 3. The Morgan fingerprint density at radius 3 is 2.17 bits per heavy atom. The predicted octanol–water partition coefficient (Wildman–Crippen LogP) is 2.52. The zero-order chi connectivity index (χ0) is 16.7. The minimum atomic E-state index is -0.338. The molecule has 2 aromatic rings. The van der Waals surface area contributed by atoms with Gasteiger partial charge in [0.15, 0.2) is 0 Å². The lowest BCUT2D eigenvalue weighted by Crippen LogP contribution is -2.29. The van der Waals surface area contributed by atoms with E-state index in [9.17, 15) is 4.79 Å². The number of hydrogen-bond acceptors (Lipinski definition) is 3. The van der Waals surface area contributed by atoms with E-state index in [2.05, 4.69) is 17.2 Å². The van der Waals surface area contributed by atoms with Crippen molar-refractivity contribution in [3.8, 4) is 11.8 Å². The molecule has 0 aliphatic rings. The van der Waals surface area contributed by atoms with E-state index in [-0.39, 0.29) is 17.3 Å². The normalized spacial score (nSPS) is 10.8. The summed E-state index contributed by atoms with van der Waals surface area (Å²) in [6.07, 6.45) is 0. The summed E-state index contributed by atoms with van der Waals surface area (Å²) in [5.74, 6) is 5.43. The van der Waals surface area contributed by atoms with Crippen molar-refractivity contribution in [2.75, 3.05) is 0 Å². The molecule has 23 heavy (non-hydrogen) atoms. The SMILES string of the molecule is CC(=O)NC(=N)C(C#Cc1ccccc1)=C(N)c1ccccc1. The molecular weight excluding hydrogens is 286 g/mol. The number of carbonyl (C=O) groups excluding carboxylic acids is 1. The van der Waals surface area contributed by atoms with E-state index in [1.165, 1.54) is 6.92 Å². The average Bonchev–Trinajstić information content (AvgIpc) is 2.56. The second-order valence-corrected chi connectivity index (χ2v) is 4.83. The zero-order valence-corrected chi connectivity index (χ0v) is 12.8. The van der Waals surface area contributed by atoms with E-state index in [1.54, 1.807) is 0 Å². The second-order valence-electron chi connectivity index (χ2n) is 4.83. The molecule has 2 rings (SSSR count). The molecule has 0 unspecified atom stereocenters. The molecule has 0 radical (unpaired) electrons. The third-order valence-electron chi connectivity index (χ3n) is 3.01. The van der Waals surface area contributed by atoms with Gasteiger partial charge in [0.05, 0.1) is 11.3 Å². The molecule has 0 saturated carbocycles. The molecule has 114 valence electrons. The molecule has 0 atom stereocenters. The van der Waals surface area contributed by atoms with Crippen LogP contribution < -0.4 is 11.1 Å². The van der Waals surface area contributed by atoms with Crippen LogP contribution in [0.15, 0.2) is 66.2 Å². The smallest absolute Gasteiger partial charge is 0.222 e. The van der Waals surface area contributed by atoms with Crippen LogP contribution in [-0.4, -0.2) is 11.7 Å². The van der Waals surface area contributed by atoms with E-state index in [4.69, 9.17) is 11.1 Å². The Labute approximate surface area is 135 Å². The fourth-order valence-corrected chi connectivity index (χ4v) is 1.92. The number of rotatable bonds is 2. The van der Waals surface area contributed by atoms with Gasteiger partial charge in [-0.15, -0.1) is 0 Å². The Bertz CT molecular complexity index is 797. The molecule has 1 amide bonds.